The van der Waals surface area contributed by atoms with Gasteiger partial charge in [0.1, 0.15) is 0 Å². The minimum absolute atomic E-state index is 0. The van der Waals surface area contributed by atoms with E-state index in [1.807, 2.05) is 6.07 Å². The molecule has 2 rings (SSSR count). The largest absolute Gasteiger partial charge is 0.347 e. The lowest BCUT2D eigenvalue weighted by molar-refractivity contribution is 0.0924. The summed E-state index contributed by atoms with van der Waals surface area (Å²) in [6.07, 6.45) is 3.22. The van der Waals surface area contributed by atoms with E-state index in [2.05, 4.69) is 31.4 Å². The summed E-state index contributed by atoms with van der Waals surface area (Å²) in [5, 5.41) is 6.56. The number of piperidine rings is 1. The molecule has 2 atom stereocenters. The summed E-state index contributed by atoms with van der Waals surface area (Å²) in [7, 11) is 0. The molecule has 0 aliphatic carbocycles. The molecule has 2 N–H and O–H groups in total. The molecule has 2 unspecified atom stereocenters. The lowest BCUT2D eigenvalue weighted by atomic mass is 10.00. The molecule has 5 heteroatoms. The fourth-order valence-electron chi connectivity index (χ4n) is 2.46. The van der Waals surface area contributed by atoms with E-state index in [1.165, 1.54) is 10.4 Å². The van der Waals surface area contributed by atoms with Gasteiger partial charge in [0.25, 0.3) is 5.91 Å². The number of halogens is 1. The van der Waals surface area contributed by atoms with Crippen molar-refractivity contribution >= 4 is 29.7 Å². The molecule has 108 valence electrons. The van der Waals surface area contributed by atoms with Crippen molar-refractivity contribution in [2.24, 2.45) is 0 Å². The summed E-state index contributed by atoms with van der Waals surface area (Å²) >= 11 is 1.62. The van der Waals surface area contributed by atoms with E-state index in [0.29, 0.717) is 6.04 Å². The van der Waals surface area contributed by atoms with Crippen LogP contribution in [0.2, 0.25) is 0 Å². The molecule has 1 amide bonds. The Balaban J connectivity index is 0.00000180. The third-order valence-electron chi connectivity index (χ3n) is 3.64. The fourth-order valence-corrected chi connectivity index (χ4v) is 3.48. The van der Waals surface area contributed by atoms with Gasteiger partial charge in [0.05, 0.1) is 4.88 Å². The Bertz CT molecular complexity index is 433. The van der Waals surface area contributed by atoms with Crippen molar-refractivity contribution in [3.63, 3.8) is 0 Å². The molecule has 1 aromatic heterocycles. The van der Waals surface area contributed by atoms with Crippen LogP contribution in [0.4, 0.5) is 0 Å². The van der Waals surface area contributed by atoms with Crippen LogP contribution < -0.4 is 10.6 Å². The first-order valence-electron chi connectivity index (χ1n) is 6.75. The monoisotopic (exact) mass is 302 g/mol. The first kappa shape index (κ1) is 16.5. The summed E-state index contributed by atoms with van der Waals surface area (Å²) in [5.41, 5.74) is 1.24. The molecule has 1 aliphatic rings. The second kappa shape index (κ2) is 7.27. The number of hydrogen-bond donors (Lipinski definition) is 2. The summed E-state index contributed by atoms with van der Waals surface area (Å²) in [6, 6.07) is 2.65. The van der Waals surface area contributed by atoms with E-state index in [4.69, 9.17) is 0 Å². The zero-order chi connectivity index (χ0) is 13.1. The minimum Gasteiger partial charge on any atom is -0.347 e. The van der Waals surface area contributed by atoms with Crippen molar-refractivity contribution < 1.29 is 4.79 Å². The van der Waals surface area contributed by atoms with Crippen LogP contribution in [0.1, 0.15) is 46.8 Å². The normalized spacial score (nSPS) is 22.7. The van der Waals surface area contributed by atoms with Crippen molar-refractivity contribution in [2.75, 3.05) is 6.54 Å². The molecular weight excluding hydrogens is 280 g/mol. The molecular formula is C14H23ClN2OS. The summed E-state index contributed by atoms with van der Waals surface area (Å²) in [4.78, 5) is 14.4. The SMILES string of the molecule is CCc1sc(C(=O)NC2CCCNC2C)cc1C.Cl. The Kier molecular flexibility index (Phi) is 6.30. The molecule has 0 aromatic carbocycles. The standard InChI is InChI=1S/C14H22N2OS.ClH/c1-4-12-9(2)8-13(18-12)14(17)16-11-6-5-7-15-10(11)3;/h8,10-11,15H,4-7H2,1-3H3,(H,16,17);1H. The van der Waals surface area contributed by atoms with Gasteiger partial charge in [0, 0.05) is 17.0 Å². The molecule has 0 bridgehead atoms. The van der Waals surface area contributed by atoms with E-state index in [1.54, 1.807) is 11.3 Å². The molecule has 2 heterocycles. The van der Waals surface area contributed by atoms with Gasteiger partial charge in [-0.15, -0.1) is 23.7 Å². The van der Waals surface area contributed by atoms with Crippen molar-refractivity contribution in [3.05, 3.63) is 21.4 Å². The highest BCUT2D eigenvalue weighted by Gasteiger charge is 2.23. The van der Waals surface area contributed by atoms with Gasteiger partial charge >= 0.3 is 0 Å². The molecule has 0 radical (unpaired) electrons. The van der Waals surface area contributed by atoms with Crippen molar-refractivity contribution in [1.29, 1.82) is 0 Å². The highest BCUT2D eigenvalue weighted by atomic mass is 35.5. The zero-order valence-corrected chi connectivity index (χ0v) is 13.4. The lowest BCUT2D eigenvalue weighted by Crippen LogP contribution is -2.51. The Morgan fingerprint density at radius 2 is 2.32 bits per heavy atom. The van der Waals surface area contributed by atoms with E-state index in [0.717, 1.165) is 30.7 Å². The molecule has 0 saturated carbocycles. The van der Waals surface area contributed by atoms with E-state index >= 15 is 0 Å². The van der Waals surface area contributed by atoms with Gasteiger partial charge in [-0.1, -0.05) is 6.92 Å². The Morgan fingerprint density at radius 1 is 1.58 bits per heavy atom. The molecule has 1 aromatic rings. The predicted octanol–water partition coefficient (Wildman–Crippen LogP) is 2.91. The van der Waals surface area contributed by atoms with Crippen LogP contribution in [0.5, 0.6) is 0 Å². The van der Waals surface area contributed by atoms with Gasteiger partial charge in [0.2, 0.25) is 0 Å². The highest BCUT2D eigenvalue weighted by Crippen LogP contribution is 2.22. The quantitative estimate of drug-likeness (QED) is 0.901. The van der Waals surface area contributed by atoms with Crippen molar-refractivity contribution in [1.82, 2.24) is 10.6 Å². The van der Waals surface area contributed by atoms with Crippen LogP contribution in [-0.4, -0.2) is 24.5 Å². The maximum atomic E-state index is 12.2. The molecule has 1 aliphatic heterocycles. The number of hydrogen-bond acceptors (Lipinski definition) is 3. The number of rotatable bonds is 3. The van der Waals surface area contributed by atoms with Crippen LogP contribution in [-0.2, 0) is 6.42 Å². The Labute approximate surface area is 125 Å². The first-order valence-corrected chi connectivity index (χ1v) is 7.57. The van der Waals surface area contributed by atoms with Crippen molar-refractivity contribution in [3.8, 4) is 0 Å². The zero-order valence-electron chi connectivity index (χ0n) is 11.8. The van der Waals surface area contributed by atoms with Crippen LogP contribution in [0.25, 0.3) is 0 Å². The number of thiophene rings is 1. The van der Waals surface area contributed by atoms with Gasteiger partial charge in [-0.3, -0.25) is 4.79 Å². The van der Waals surface area contributed by atoms with Gasteiger partial charge in [0.15, 0.2) is 0 Å². The molecule has 0 spiro atoms. The molecule has 19 heavy (non-hydrogen) atoms. The number of amides is 1. The van der Waals surface area contributed by atoms with E-state index in [-0.39, 0.29) is 24.4 Å². The number of carbonyl (C=O) groups excluding carboxylic acids is 1. The average Bonchev–Trinajstić information content (AvgIpc) is 2.73. The highest BCUT2D eigenvalue weighted by molar-refractivity contribution is 7.14. The molecule has 1 saturated heterocycles. The summed E-state index contributed by atoms with van der Waals surface area (Å²) < 4.78 is 0. The Morgan fingerprint density at radius 3 is 2.89 bits per heavy atom. The van der Waals surface area contributed by atoms with Gasteiger partial charge in [-0.25, -0.2) is 0 Å². The smallest absolute Gasteiger partial charge is 0.261 e. The predicted molar refractivity (Wildman–Crippen MR) is 83.6 cm³/mol. The third-order valence-corrected chi connectivity index (χ3v) is 5.02. The molecule has 1 fully saturated rings. The van der Waals surface area contributed by atoms with E-state index in [9.17, 15) is 4.79 Å². The number of carbonyl (C=O) groups is 1. The maximum absolute atomic E-state index is 12.2. The molecule has 3 nitrogen and oxygen atoms in total. The summed E-state index contributed by atoms with van der Waals surface area (Å²) in [6.45, 7) is 7.41. The third kappa shape index (κ3) is 3.94. The van der Waals surface area contributed by atoms with E-state index < -0.39 is 0 Å². The van der Waals surface area contributed by atoms with Gasteiger partial charge in [-0.05, 0) is 51.3 Å². The fraction of sp³-hybridized carbons (Fsp3) is 0.643. The first-order chi connectivity index (χ1) is 8.61. The van der Waals surface area contributed by atoms with Crippen molar-refractivity contribution in [2.45, 2.75) is 52.1 Å². The van der Waals surface area contributed by atoms with Crippen LogP contribution in [0.3, 0.4) is 0 Å². The van der Waals surface area contributed by atoms with Crippen LogP contribution in [0.15, 0.2) is 6.07 Å². The lowest BCUT2D eigenvalue weighted by Gasteiger charge is -2.30. The second-order valence-corrected chi connectivity index (χ2v) is 6.17. The maximum Gasteiger partial charge on any atom is 0.261 e. The van der Waals surface area contributed by atoms with Gasteiger partial charge < -0.3 is 10.6 Å². The Hall–Kier alpha value is -0.580. The average molecular weight is 303 g/mol. The second-order valence-electron chi connectivity index (χ2n) is 5.04. The topological polar surface area (TPSA) is 41.1 Å². The summed E-state index contributed by atoms with van der Waals surface area (Å²) in [5.74, 6) is 0.0864. The minimum atomic E-state index is 0. The number of nitrogens with one attached hydrogen (secondary N) is 2. The number of aryl methyl sites for hydroxylation is 2. The van der Waals surface area contributed by atoms with Gasteiger partial charge in [-0.2, -0.15) is 0 Å². The van der Waals surface area contributed by atoms with Crippen LogP contribution >= 0.6 is 23.7 Å². The van der Waals surface area contributed by atoms with Crippen LogP contribution in [0, 0.1) is 6.92 Å².